The van der Waals surface area contributed by atoms with Gasteiger partial charge in [0.05, 0.1) is 7.11 Å². The Morgan fingerprint density at radius 2 is 1.94 bits per heavy atom. The Morgan fingerprint density at radius 1 is 1.38 bits per heavy atom. The molecule has 0 rings (SSSR count). The molecule has 1 amide bonds. The Hall–Kier alpha value is -1.13. The second-order valence-corrected chi connectivity index (χ2v) is 5.93. The zero-order valence-electron chi connectivity index (χ0n) is 9.77. The van der Waals surface area contributed by atoms with Crippen molar-refractivity contribution in [2.45, 2.75) is 6.92 Å². The highest BCUT2D eigenvalue weighted by molar-refractivity contribution is 7.58. The van der Waals surface area contributed by atoms with Gasteiger partial charge in [-0.15, -0.1) is 0 Å². The molecular formula is C9H16NO5P. The normalized spacial score (nSPS) is 15.1. The van der Waals surface area contributed by atoms with Crippen LogP contribution in [-0.4, -0.2) is 38.9 Å². The first-order chi connectivity index (χ1) is 7.32. The smallest absolute Gasteiger partial charge is 0.354 e. The maximum Gasteiger partial charge on any atom is 0.354 e. The van der Waals surface area contributed by atoms with Crippen molar-refractivity contribution in [1.82, 2.24) is 5.32 Å². The first kappa shape index (κ1) is 14.9. The summed E-state index contributed by atoms with van der Waals surface area (Å²) in [5.74, 6) is -1.09. The maximum atomic E-state index is 11.6. The highest BCUT2D eigenvalue weighted by Gasteiger charge is 2.16. The third-order valence-electron chi connectivity index (χ3n) is 1.73. The van der Waals surface area contributed by atoms with Crippen LogP contribution < -0.4 is 5.32 Å². The fraction of sp³-hybridized carbons (Fsp3) is 0.556. The van der Waals surface area contributed by atoms with Crippen molar-refractivity contribution >= 4 is 19.2 Å². The number of hydrogen-bond donors (Lipinski definition) is 1. The van der Waals surface area contributed by atoms with Crippen LogP contribution in [0.4, 0.5) is 0 Å². The van der Waals surface area contributed by atoms with Gasteiger partial charge in [0.25, 0.3) is 0 Å². The fourth-order valence-electron chi connectivity index (χ4n) is 0.817. The highest BCUT2D eigenvalue weighted by Crippen LogP contribution is 2.41. The SMILES string of the molecule is COC(=O)/C(=C/CP(C)(=O)OC)NC(C)=O. The molecule has 1 atom stereocenters. The number of allylic oxidation sites excluding steroid dienone is 1. The minimum atomic E-state index is -2.76. The lowest BCUT2D eigenvalue weighted by Crippen LogP contribution is -2.26. The van der Waals surface area contributed by atoms with Crippen molar-refractivity contribution in [3.63, 3.8) is 0 Å². The molecule has 0 heterocycles. The van der Waals surface area contributed by atoms with Gasteiger partial charge in [-0.25, -0.2) is 4.79 Å². The summed E-state index contributed by atoms with van der Waals surface area (Å²) in [6, 6.07) is 0. The number of ether oxygens (including phenoxy) is 1. The molecule has 0 fully saturated rings. The lowest BCUT2D eigenvalue weighted by Gasteiger charge is -2.09. The van der Waals surface area contributed by atoms with Crippen LogP contribution in [0.25, 0.3) is 0 Å². The molecule has 0 saturated carbocycles. The number of rotatable bonds is 5. The van der Waals surface area contributed by atoms with Crippen LogP contribution in [-0.2, 0) is 23.4 Å². The Labute approximate surface area is 94.4 Å². The largest absolute Gasteiger partial charge is 0.464 e. The number of methoxy groups -OCH3 is 1. The summed E-state index contributed by atoms with van der Waals surface area (Å²) in [5.41, 5.74) is -0.0332. The topological polar surface area (TPSA) is 81.7 Å². The molecule has 0 aromatic carbocycles. The monoisotopic (exact) mass is 249 g/mol. The number of carbonyl (C=O) groups excluding carboxylic acids is 2. The molecule has 0 aromatic heterocycles. The number of amides is 1. The van der Waals surface area contributed by atoms with Crippen LogP contribution in [0, 0.1) is 0 Å². The number of esters is 1. The molecular weight excluding hydrogens is 233 g/mol. The standard InChI is InChI=1S/C9H16NO5P/c1-7(11)10-8(9(12)14-2)5-6-16(4,13)15-3/h5H,6H2,1-4H3,(H,10,11)/b8-5-. The summed E-state index contributed by atoms with van der Waals surface area (Å²) in [4.78, 5) is 22.0. The van der Waals surface area contributed by atoms with Gasteiger partial charge in [-0.1, -0.05) is 0 Å². The Kier molecular flexibility index (Phi) is 6.00. The van der Waals surface area contributed by atoms with Crippen molar-refractivity contribution in [1.29, 1.82) is 0 Å². The van der Waals surface area contributed by atoms with Crippen LogP contribution in [0.2, 0.25) is 0 Å². The van der Waals surface area contributed by atoms with Gasteiger partial charge in [-0.05, 0) is 6.08 Å². The van der Waals surface area contributed by atoms with Crippen LogP contribution in [0.15, 0.2) is 11.8 Å². The quantitative estimate of drug-likeness (QED) is 0.441. The average molecular weight is 249 g/mol. The lowest BCUT2D eigenvalue weighted by molar-refractivity contribution is -0.137. The van der Waals surface area contributed by atoms with E-state index in [1.165, 1.54) is 33.9 Å². The second-order valence-electron chi connectivity index (χ2n) is 3.17. The number of carbonyl (C=O) groups is 2. The second kappa shape index (κ2) is 6.45. The molecule has 1 N–H and O–H groups in total. The molecule has 0 spiro atoms. The van der Waals surface area contributed by atoms with E-state index in [1.807, 2.05) is 0 Å². The average Bonchev–Trinajstić information content (AvgIpc) is 2.22. The van der Waals surface area contributed by atoms with Crippen LogP contribution in [0.1, 0.15) is 6.92 Å². The minimum absolute atomic E-state index is 0.0332. The summed E-state index contributed by atoms with van der Waals surface area (Å²) in [6.07, 6.45) is 1.38. The Morgan fingerprint density at radius 3 is 2.31 bits per heavy atom. The van der Waals surface area contributed by atoms with Crippen molar-refractivity contribution in [3.8, 4) is 0 Å². The van der Waals surface area contributed by atoms with E-state index < -0.39 is 19.2 Å². The van der Waals surface area contributed by atoms with Crippen LogP contribution in [0.3, 0.4) is 0 Å². The molecule has 0 aromatic rings. The van der Waals surface area contributed by atoms with E-state index in [4.69, 9.17) is 4.52 Å². The van der Waals surface area contributed by atoms with Gasteiger partial charge >= 0.3 is 5.97 Å². The molecule has 0 aliphatic carbocycles. The Balaban J connectivity index is 4.76. The summed E-state index contributed by atoms with van der Waals surface area (Å²) in [6.45, 7) is 2.70. The van der Waals surface area contributed by atoms with E-state index in [9.17, 15) is 14.2 Å². The number of hydrogen-bond acceptors (Lipinski definition) is 5. The van der Waals surface area contributed by atoms with Crippen molar-refractivity contribution in [2.75, 3.05) is 27.0 Å². The molecule has 0 radical (unpaired) electrons. The minimum Gasteiger partial charge on any atom is -0.464 e. The van der Waals surface area contributed by atoms with Gasteiger partial charge in [0.2, 0.25) is 13.3 Å². The van der Waals surface area contributed by atoms with E-state index in [-0.39, 0.29) is 11.9 Å². The van der Waals surface area contributed by atoms with Crippen LogP contribution >= 0.6 is 7.37 Å². The van der Waals surface area contributed by atoms with E-state index >= 15 is 0 Å². The van der Waals surface area contributed by atoms with Gasteiger partial charge in [0.1, 0.15) is 5.70 Å². The zero-order chi connectivity index (χ0) is 12.8. The van der Waals surface area contributed by atoms with E-state index in [2.05, 4.69) is 10.1 Å². The first-order valence-corrected chi connectivity index (χ1v) is 6.76. The molecule has 16 heavy (non-hydrogen) atoms. The van der Waals surface area contributed by atoms with E-state index in [0.717, 1.165) is 0 Å². The zero-order valence-corrected chi connectivity index (χ0v) is 10.7. The molecule has 7 heteroatoms. The first-order valence-electron chi connectivity index (χ1n) is 4.50. The fourth-order valence-corrected chi connectivity index (χ4v) is 1.48. The predicted octanol–water partition coefficient (Wildman–Crippen LogP) is 0.734. The number of nitrogens with one attached hydrogen (secondary N) is 1. The molecule has 0 aliphatic rings. The van der Waals surface area contributed by atoms with E-state index in [1.54, 1.807) is 0 Å². The van der Waals surface area contributed by atoms with E-state index in [0.29, 0.717) is 0 Å². The van der Waals surface area contributed by atoms with Crippen LogP contribution in [0.5, 0.6) is 0 Å². The van der Waals surface area contributed by atoms with Crippen molar-refractivity contribution in [3.05, 3.63) is 11.8 Å². The molecule has 0 saturated heterocycles. The summed E-state index contributed by atoms with van der Waals surface area (Å²) in [7, 11) is -0.238. The van der Waals surface area contributed by atoms with Crippen molar-refractivity contribution < 1.29 is 23.4 Å². The lowest BCUT2D eigenvalue weighted by atomic mass is 10.4. The summed E-state index contributed by atoms with van der Waals surface area (Å²) in [5, 5.41) is 2.30. The molecule has 6 nitrogen and oxygen atoms in total. The Bertz CT molecular complexity index is 350. The van der Waals surface area contributed by atoms with Gasteiger partial charge in [0, 0.05) is 26.9 Å². The molecule has 92 valence electrons. The van der Waals surface area contributed by atoms with Gasteiger partial charge in [0.15, 0.2) is 0 Å². The summed E-state index contributed by atoms with van der Waals surface area (Å²) < 4.78 is 20.8. The van der Waals surface area contributed by atoms with Gasteiger partial charge in [-0.3, -0.25) is 9.36 Å². The molecule has 1 unspecified atom stereocenters. The van der Waals surface area contributed by atoms with Gasteiger partial charge in [-0.2, -0.15) is 0 Å². The molecule has 0 bridgehead atoms. The third-order valence-corrected chi connectivity index (χ3v) is 3.35. The predicted molar refractivity (Wildman–Crippen MR) is 59.3 cm³/mol. The summed E-state index contributed by atoms with van der Waals surface area (Å²) >= 11 is 0. The molecule has 0 aliphatic heterocycles. The third kappa shape index (κ3) is 5.68. The maximum absolute atomic E-state index is 11.6. The highest BCUT2D eigenvalue weighted by atomic mass is 31.2. The van der Waals surface area contributed by atoms with Crippen molar-refractivity contribution in [2.24, 2.45) is 0 Å². The van der Waals surface area contributed by atoms with Gasteiger partial charge < -0.3 is 14.6 Å².